The van der Waals surface area contributed by atoms with Gasteiger partial charge in [-0.15, -0.1) is 0 Å². The van der Waals surface area contributed by atoms with Crippen LogP contribution in [0.25, 0.3) is 27.7 Å². The smallest absolute Gasteiger partial charge is 0.248 e. The predicted molar refractivity (Wildman–Crippen MR) is 147 cm³/mol. The van der Waals surface area contributed by atoms with Crippen molar-refractivity contribution in [1.82, 2.24) is 0 Å². The summed E-state index contributed by atoms with van der Waals surface area (Å²) < 4.78 is 17.5. The molecule has 0 atom stereocenters. The van der Waals surface area contributed by atoms with Gasteiger partial charge in [-0.1, -0.05) is 29.8 Å². The third-order valence-electron chi connectivity index (χ3n) is 6.39. The van der Waals surface area contributed by atoms with Crippen LogP contribution in [0, 0.1) is 27.7 Å². The highest BCUT2D eigenvalue weighted by Gasteiger charge is 2.20. The van der Waals surface area contributed by atoms with Crippen molar-refractivity contribution in [3.05, 3.63) is 82.6 Å². The minimum atomic E-state index is -0.238. The van der Waals surface area contributed by atoms with E-state index in [-0.39, 0.29) is 5.91 Å². The number of allylic oxidation sites excluding steroid dienone is 1. The maximum absolute atomic E-state index is 13.0. The number of carbonyl (C=O) groups is 1. The van der Waals surface area contributed by atoms with Crippen molar-refractivity contribution >= 4 is 28.1 Å². The Morgan fingerprint density at radius 3 is 2.42 bits per heavy atom. The highest BCUT2D eigenvalue weighted by Crippen LogP contribution is 2.41. The number of hydrogen-bond donors (Lipinski definition) is 1. The molecule has 5 heteroatoms. The van der Waals surface area contributed by atoms with E-state index >= 15 is 0 Å². The Bertz CT molecular complexity index is 1480. The lowest BCUT2D eigenvalue weighted by molar-refractivity contribution is -0.111. The monoisotopic (exact) mass is 483 g/mol. The average Bonchev–Trinajstić information content (AvgIpc) is 3.25. The highest BCUT2D eigenvalue weighted by atomic mass is 16.5. The first-order valence-corrected chi connectivity index (χ1v) is 12.1. The van der Waals surface area contributed by atoms with Crippen LogP contribution in [0.4, 0.5) is 5.69 Å². The van der Waals surface area contributed by atoms with Crippen LogP contribution < -0.4 is 14.8 Å². The molecule has 4 rings (SSSR count). The van der Waals surface area contributed by atoms with Gasteiger partial charge in [0, 0.05) is 28.2 Å². The summed E-state index contributed by atoms with van der Waals surface area (Å²) in [6.07, 6.45) is 3.41. The fraction of sp³-hybridized carbons (Fsp3) is 0.258. The van der Waals surface area contributed by atoms with Crippen molar-refractivity contribution in [3.63, 3.8) is 0 Å². The summed E-state index contributed by atoms with van der Waals surface area (Å²) in [6.45, 7) is 12.5. The Morgan fingerprint density at radius 2 is 1.72 bits per heavy atom. The molecule has 0 saturated carbocycles. The Balaban J connectivity index is 1.80. The largest absolute Gasteiger partial charge is 0.495 e. The summed E-state index contributed by atoms with van der Waals surface area (Å²) in [5, 5.41) is 3.94. The van der Waals surface area contributed by atoms with Crippen LogP contribution in [-0.4, -0.2) is 19.6 Å². The molecule has 0 unspecified atom stereocenters. The minimum absolute atomic E-state index is 0.238. The number of hydrogen-bond acceptors (Lipinski definition) is 4. The topological polar surface area (TPSA) is 60.7 Å². The van der Waals surface area contributed by atoms with Gasteiger partial charge in [0.25, 0.3) is 0 Å². The minimum Gasteiger partial charge on any atom is -0.495 e. The molecule has 0 aliphatic heterocycles. The zero-order chi connectivity index (χ0) is 26.0. The van der Waals surface area contributed by atoms with Crippen molar-refractivity contribution in [2.24, 2.45) is 0 Å². The quantitative estimate of drug-likeness (QED) is 0.273. The van der Waals surface area contributed by atoms with Crippen LogP contribution in [0.5, 0.6) is 11.5 Å². The second kappa shape index (κ2) is 10.3. The van der Waals surface area contributed by atoms with E-state index in [1.54, 1.807) is 13.2 Å². The number of aryl methyl sites for hydroxylation is 4. The number of benzene rings is 3. The van der Waals surface area contributed by atoms with Gasteiger partial charge in [0.2, 0.25) is 5.91 Å². The van der Waals surface area contributed by atoms with Gasteiger partial charge >= 0.3 is 0 Å². The average molecular weight is 484 g/mol. The Labute approximate surface area is 212 Å². The second-order valence-electron chi connectivity index (χ2n) is 9.18. The van der Waals surface area contributed by atoms with E-state index in [0.717, 1.165) is 50.1 Å². The zero-order valence-electron chi connectivity index (χ0n) is 22.0. The van der Waals surface area contributed by atoms with E-state index in [0.29, 0.717) is 18.0 Å². The Kier molecular flexibility index (Phi) is 7.20. The van der Waals surface area contributed by atoms with Crippen LogP contribution in [0.1, 0.15) is 41.7 Å². The number of methoxy groups -OCH3 is 1. The van der Waals surface area contributed by atoms with Gasteiger partial charge in [-0.2, -0.15) is 0 Å². The maximum atomic E-state index is 13.0. The van der Waals surface area contributed by atoms with E-state index < -0.39 is 0 Å². The maximum Gasteiger partial charge on any atom is 0.248 e. The molecule has 36 heavy (non-hydrogen) atoms. The molecule has 1 heterocycles. The van der Waals surface area contributed by atoms with Gasteiger partial charge in [-0.3, -0.25) is 4.79 Å². The standard InChI is InChI=1S/C31H33NO4/c1-8-35-30-22(6)31-25(26(17-36-31)23-11-9-18(2)13-20(23)4)16-24(30)21(5)15-29(33)32-27-14-19(3)10-12-28(27)34-7/h9-17H,8H2,1-7H3,(H,32,33)/b21-15+. The molecule has 0 radical (unpaired) electrons. The molecule has 1 N–H and O–H groups in total. The fourth-order valence-corrected chi connectivity index (χ4v) is 4.63. The number of carbonyl (C=O) groups excluding carboxylic acids is 1. The van der Waals surface area contributed by atoms with Gasteiger partial charge in [-0.25, -0.2) is 0 Å². The molecule has 4 aromatic rings. The summed E-state index contributed by atoms with van der Waals surface area (Å²) >= 11 is 0. The van der Waals surface area contributed by atoms with Gasteiger partial charge < -0.3 is 19.2 Å². The van der Waals surface area contributed by atoms with E-state index in [1.165, 1.54) is 11.1 Å². The van der Waals surface area contributed by atoms with Crippen molar-refractivity contribution < 1.29 is 18.7 Å². The van der Waals surface area contributed by atoms with Crippen molar-refractivity contribution in [2.45, 2.75) is 41.5 Å². The predicted octanol–water partition coefficient (Wildman–Crippen LogP) is 7.78. The molecule has 186 valence electrons. The van der Waals surface area contributed by atoms with Crippen molar-refractivity contribution in [1.29, 1.82) is 0 Å². The van der Waals surface area contributed by atoms with E-state index in [1.807, 2.05) is 52.2 Å². The van der Waals surface area contributed by atoms with Gasteiger partial charge in [-0.05, 0) is 82.0 Å². The molecular weight excluding hydrogens is 450 g/mol. The molecule has 0 saturated heterocycles. The first-order valence-electron chi connectivity index (χ1n) is 12.1. The molecule has 0 aliphatic rings. The Hall–Kier alpha value is -3.99. The van der Waals surface area contributed by atoms with Crippen LogP contribution in [0.2, 0.25) is 0 Å². The first kappa shape index (κ1) is 25.1. The Morgan fingerprint density at radius 1 is 1.00 bits per heavy atom. The van der Waals surface area contributed by atoms with E-state index in [2.05, 4.69) is 43.4 Å². The second-order valence-corrected chi connectivity index (χ2v) is 9.18. The molecule has 5 nitrogen and oxygen atoms in total. The third kappa shape index (κ3) is 4.87. The van der Waals surface area contributed by atoms with Gasteiger partial charge in [0.1, 0.15) is 17.1 Å². The van der Waals surface area contributed by atoms with E-state index in [9.17, 15) is 4.79 Å². The number of nitrogens with one attached hydrogen (secondary N) is 1. The number of fused-ring (bicyclic) bond motifs is 1. The lowest BCUT2D eigenvalue weighted by Gasteiger charge is -2.15. The van der Waals surface area contributed by atoms with Gasteiger partial charge in [0.05, 0.1) is 25.7 Å². The third-order valence-corrected chi connectivity index (χ3v) is 6.39. The molecular formula is C31H33NO4. The number of rotatable bonds is 7. The molecule has 1 amide bonds. The zero-order valence-corrected chi connectivity index (χ0v) is 22.0. The SMILES string of the molecule is CCOc1c(/C(C)=C/C(=O)Nc2cc(C)ccc2OC)cc2c(-c3ccc(C)cc3C)coc2c1C. The summed E-state index contributed by atoms with van der Waals surface area (Å²) in [5.74, 6) is 1.10. The number of ether oxygens (including phenoxy) is 2. The summed E-state index contributed by atoms with van der Waals surface area (Å²) in [7, 11) is 1.59. The first-order chi connectivity index (χ1) is 17.2. The normalized spacial score (nSPS) is 11.6. The molecule has 0 spiro atoms. The van der Waals surface area contributed by atoms with Crippen molar-refractivity contribution in [3.8, 4) is 22.6 Å². The summed E-state index contributed by atoms with van der Waals surface area (Å²) in [5.41, 5.74) is 9.57. The number of amides is 1. The van der Waals surface area contributed by atoms with Crippen LogP contribution in [0.3, 0.4) is 0 Å². The van der Waals surface area contributed by atoms with Crippen LogP contribution >= 0.6 is 0 Å². The van der Waals surface area contributed by atoms with E-state index in [4.69, 9.17) is 13.9 Å². The molecule has 0 aliphatic carbocycles. The molecule has 3 aromatic carbocycles. The summed E-state index contributed by atoms with van der Waals surface area (Å²) in [6, 6.07) is 14.2. The highest BCUT2D eigenvalue weighted by molar-refractivity contribution is 6.06. The number of anilines is 1. The molecule has 0 bridgehead atoms. The number of furan rings is 1. The lowest BCUT2D eigenvalue weighted by atomic mass is 9.94. The summed E-state index contributed by atoms with van der Waals surface area (Å²) in [4.78, 5) is 13.0. The molecule has 0 fully saturated rings. The fourth-order valence-electron chi connectivity index (χ4n) is 4.63. The van der Waals surface area contributed by atoms with Crippen LogP contribution in [-0.2, 0) is 4.79 Å². The van der Waals surface area contributed by atoms with Crippen molar-refractivity contribution in [2.75, 3.05) is 19.0 Å². The van der Waals surface area contributed by atoms with Gasteiger partial charge in [0.15, 0.2) is 0 Å². The molecule has 1 aromatic heterocycles. The lowest BCUT2D eigenvalue weighted by Crippen LogP contribution is -2.10. The van der Waals surface area contributed by atoms with Crippen LogP contribution in [0.15, 0.2) is 59.2 Å².